The molecule has 2 rings (SSSR count). The van der Waals surface area contributed by atoms with Crippen molar-refractivity contribution in [2.24, 2.45) is 5.73 Å². The maximum atomic E-state index is 12.0. The lowest BCUT2D eigenvalue weighted by Crippen LogP contribution is -2.29. The largest absolute Gasteiger partial charge is 0.339 e. The zero-order valence-electron chi connectivity index (χ0n) is 11.1. The molecule has 0 aliphatic heterocycles. The Labute approximate surface area is 121 Å². The number of carbonyl (C=O) groups is 1. The Morgan fingerprint density at radius 1 is 1.60 bits per heavy atom. The number of nitrogens with two attached hydrogens (primary N) is 1. The summed E-state index contributed by atoms with van der Waals surface area (Å²) in [6.45, 7) is 1.10. The van der Waals surface area contributed by atoms with E-state index >= 15 is 0 Å². The third kappa shape index (κ3) is 3.91. The number of hydrogen-bond acceptors (Lipinski definition) is 5. The van der Waals surface area contributed by atoms with Gasteiger partial charge in [-0.15, -0.1) is 11.3 Å². The second-order valence-corrected chi connectivity index (χ2v) is 5.15. The smallest absolute Gasteiger partial charge is 0.244 e. The number of amides is 1. The van der Waals surface area contributed by atoms with Crippen LogP contribution in [0.5, 0.6) is 0 Å². The molecule has 0 saturated carbocycles. The maximum Gasteiger partial charge on any atom is 0.244 e. The molecule has 0 saturated heterocycles. The number of thiophene rings is 1. The van der Waals surface area contributed by atoms with Gasteiger partial charge in [0.15, 0.2) is 0 Å². The highest BCUT2D eigenvalue weighted by Gasteiger charge is 2.11. The first kappa shape index (κ1) is 14.2. The Hall–Kier alpha value is -2.17. The number of aromatic nitrogens is 3. The first-order valence-corrected chi connectivity index (χ1v) is 6.89. The van der Waals surface area contributed by atoms with Crippen LogP contribution in [0.4, 0.5) is 0 Å². The molecular formula is C13H15N5OS. The van der Waals surface area contributed by atoms with E-state index in [1.807, 2.05) is 11.4 Å². The summed E-state index contributed by atoms with van der Waals surface area (Å²) in [5, 5.41) is 5.88. The molecule has 6 nitrogen and oxygen atoms in total. The van der Waals surface area contributed by atoms with Crippen LogP contribution in [0.25, 0.3) is 0 Å². The van der Waals surface area contributed by atoms with Crippen LogP contribution in [0.3, 0.4) is 0 Å². The first-order valence-electron chi connectivity index (χ1n) is 6.01. The van der Waals surface area contributed by atoms with Crippen LogP contribution < -0.4 is 5.73 Å². The van der Waals surface area contributed by atoms with Crippen molar-refractivity contribution in [2.45, 2.75) is 13.1 Å². The average molecular weight is 289 g/mol. The van der Waals surface area contributed by atoms with E-state index in [1.165, 1.54) is 17.3 Å². The third-order valence-corrected chi connectivity index (χ3v) is 3.49. The fourth-order valence-electron chi connectivity index (χ4n) is 1.58. The highest BCUT2D eigenvalue weighted by Crippen LogP contribution is 2.15. The molecule has 0 fully saturated rings. The summed E-state index contributed by atoms with van der Waals surface area (Å²) in [4.78, 5) is 18.5. The first-order chi connectivity index (χ1) is 9.69. The zero-order valence-corrected chi connectivity index (χ0v) is 11.9. The monoisotopic (exact) mass is 289 g/mol. The zero-order chi connectivity index (χ0) is 14.4. The van der Waals surface area contributed by atoms with Gasteiger partial charge in [0, 0.05) is 22.9 Å². The van der Waals surface area contributed by atoms with E-state index in [2.05, 4.69) is 21.9 Å². The number of carbonyl (C=O) groups excluding carboxylic acids is 1. The van der Waals surface area contributed by atoms with Crippen molar-refractivity contribution in [1.29, 1.82) is 0 Å². The normalized spacial score (nSPS) is 9.90. The molecule has 0 bridgehead atoms. The molecule has 0 aliphatic rings. The number of nitrogens with zero attached hydrogens (tertiary/aromatic N) is 4. The third-order valence-electron chi connectivity index (χ3n) is 2.57. The molecule has 104 valence electrons. The van der Waals surface area contributed by atoms with Crippen molar-refractivity contribution in [3.8, 4) is 11.8 Å². The molecule has 0 spiro atoms. The fourth-order valence-corrected chi connectivity index (χ4v) is 2.45. The molecule has 1 amide bonds. The van der Waals surface area contributed by atoms with Gasteiger partial charge in [0.05, 0.1) is 13.1 Å². The van der Waals surface area contributed by atoms with Crippen LogP contribution in [-0.4, -0.2) is 39.2 Å². The maximum absolute atomic E-state index is 12.0. The molecule has 2 N–H and O–H groups in total. The number of rotatable bonds is 4. The summed E-state index contributed by atoms with van der Waals surface area (Å²) in [6, 6.07) is 1.98. The minimum Gasteiger partial charge on any atom is -0.339 e. The van der Waals surface area contributed by atoms with Crippen LogP contribution in [-0.2, 0) is 17.9 Å². The van der Waals surface area contributed by atoms with Crippen LogP contribution in [0.1, 0.15) is 10.4 Å². The van der Waals surface area contributed by atoms with E-state index in [0.29, 0.717) is 13.1 Å². The SMILES string of the molecule is CN(Cc1cc(C#CCN)cs1)C(=O)Cn1cncn1. The van der Waals surface area contributed by atoms with Crippen LogP contribution in [0.2, 0.25) is 0 Å². The highest BCUT2D eigenvalue weighted by atomic mass is 32.1. The van der Waals surface area contributed by atoms with E-state index in [9.17, 15) is 4.79 Å². The quantitative estimate of drug-likeness (QED) is 0.822. The molecule has 0 aliphatic carbocycles. The van der Waals surface area contributed by atoms with Gasteiger partial charge in [-0.1, -0.05) is 11.8 Å². The Morgan fingerprint density at radius 3 is 3.15 bits per heavy atom. The summed E-state index contributed by atoms with van der Waals surface area (Å²) in [5.41, 5.74) is 6.27. The molecule has 0 aromatic carbocycles. The Balaban J connectivity index is 1.92. The minimum absolute atomic E-state index is 0.0153. The molecule has 20 heavy (non-hydrogen) atoms. The summed E-state index contributed by atoms with van der Waals surface area (Å²) >= 11 is 1.58. The van der Waals surface area contributed by atoms with Gasteiger partial charge in [-0.05, 0) is 6.07 Å². The van der Waals surface area contributed by atoms with Crippen molar-refractivity contribution < 1.29 is 4.79 Å². The summed E-state index contributed by atoms with van der Waals surface area (Å²) < 4.78 is 1.51. The topological polar surface area (TPSA) is 77.0 Å². The lowest BCUT2D eigenvalue weighted by molar-refractivity contribution is -0.131. The standard InChI is InChI=1S/C13H15N5OS/c1-17(13(19)7-18-10-15-9-16-18)6-12-5-11(8-20-12)3-2-4-14/h5,8-10H,4,6-7,14H2,1H3. The molecule has 2 aromatic heterocycles. The Bertz CT molecular complexity index is 623. The van der Waals surface area contributed by atoms with E-state index in [1.54, 1.807) is 23.3 Å². The molecule has 2 heterocycles. The van der Waals surface area contributed by atoms with Crippen molar-refractivity contribution in [3.05, 3.63) is 34.5 Å². The molecule has 2 aromatic rings. The highest BCUT2D eigenvalue weighted by molar-refractivity contribution is 7.10. The van der Waals surface area contributed by atoms with Crippen molar-refractivity contribution in [1.82, 2.24) is 19.7 Å². The molecule has 7 heteroatoms. The summed E-state index contributed by atoms with van der Waals surface area (Å²) in [5.74, 6) is 5.77. The molecule has 0 unspecified atom stereocenters. The number of hydrogen-bond donors (Lipinski definition) is 1. The van der Waals surface area contributed by atoms with E-state index in [4.69, 9.17) is 5.73 Å². The molecule has 0 radical (unpaired) electrons. The molecule has 0 atom stereocenters. The van der Waals surface area contributed by atoms with Gasteiger partial charge in [0.25, 0.3) is 0 Å². The van der Waals surface area contributed by atoms with Crippen LogP contribution in [0.15, 0.2) is 24.1 Å². The summed E-state index contributed by atoms with van der Waals surface area (Å²) in [7, 11) is 1.77. The van der Waals surface area contributed by atoms with Gasteiger partial charge in [-0.2, -0.15) is 5.10 Å². The van der Waals surface area contributed by atoms with Crippen molar-refractivity contribution in [2.75, 3.05) is 13.6 Å². The van der Waals surface area contributed by atoms with Gasteiger partial charge in [-0.25, -0.2) is 9.67 Å². The Kier molecular flexibility index (Phi) is 4.87. The lowest BCUT2D eigenvalue weighted by atomic mass is 10.3. The lowest BCUT2D eigenvalue weighted by Gasteiger charge is -2.15. The predicted molar refractivity (Wildman–Crippen MR) is 76.7 cm³/mol. The van der Waals surface area contributed by atoms with Crippen LogP contribution >= 0.6 is 11.3 Å². The average Bonchev–Trinajstić information content (AvgIpc) is 3.08. The van der Waals surface area contributed by atoms with E-state index in [0.717, 1.165) is 10.4 Å². The van der Waals surface area contributed by atoms with E-state index < -0.39 is 0 Å². The summed E-state index contributed by atoms with van der Waals surface area (Å²) in [6.07, 6.45) is 2.94. The van der Waals surface area contributed by atoms with Gasteiger partial charge >= 0.3 is 0 Å². The van der Waals surface area contributed by atoms with Gasteiger partial charge in [-0.3, -0.25) is 4.79 Å². The second-order valence-electron chi connectivity index (χ2n) is 4.15. The molecular weight excluding hydrogens is 274 g/mol. The minimum atomic E-state index is -0.0153. The van der Waals surface area contributed by atoms with Crippen molar-refractivity contribution >= 4 is 17.2 Å². The Morgan fingerprint density at radius 2 is 2.45 bits per heavy atom. The fraction of sp³-hybridized carbons (Fsp3) is 0.308. The van der Waals surface area contributed by atoms with E-state index in [-0.39, 0.29) is 12.5 Å². The second kappa shape index (κ2) is 6.84. The number of likely N-dealkylation sites (N-methyl/N-ethyl adjacent to an activating group) is 1. The van der Waals surface area contributed by atoms with Gasteiger partial charge in [0.1, 0.15) is 19.2 Å². The van der Waals surface area contributed by atoms with Crippen molar-refractivity contribution in [3.63, 3.8) is 0 Å². The van der Waals surface area contributed by atoms with Gasteiger partial charge in [0.2, 0.25) is 5.91 Å². The predicted octanol–water partition coefficient (Wildman–Crippen LogP) is 0.308. The van der Waals surface area contributed by atoms with Crippen LogP contribution in [0, 0.1) is 11.8 Å². The van der Waals surface area contributed by atoms with Gasteiger partial charge < -0.3 is 10.6 Å².